The lowest BCUT2D eigenvalue weighted by Crippen LogP contribution is -2.40. The lowest BCUT2D eigenvalue weighted by molar-refractivity contribution is 0.179. The molecule has 6 heteroatoms. The third-order valence-corrected chi connectivity index (χ3v) is 2.67. The van der Waals surface area contributed by atoms with Crippen LogP contribution in [-0.4, -0.2) is 39.4 Å². The van der Waals surface area contributed by atoms with Crippen LogP contribution in [0.25, 0.3) is 0 Å². The first kappa shape index (κ1) is 19.0. The summed E-state index contributed by atoms with van der Waals surface area (Å²) in [5.41, 5.74) is 6.92. The molecule has 0 amide bonds. The Balaban J connectivity index is 0.00000361. The van der Waals surface area contributed by atoms with Gasteiger partial charge in [0.05, 0.1) is 13.7 Å². The maximum Gasteiger partial charge on any atom is 0.188 e. The quantitative estimate of drug-likeness (QED) is 0.421. The van der Waals surface area contributed by atoms with Crippen molar-refractivity contribution in [2.45, 2.75) is 19.4 Å². The Morgan fingerprint density at radius 2 is 2.05 bits per heavy atom. The summed E-state index contributed by atoms with van der Waals surface area (Å²) < 4.78 is 10.3. The van der Waals surface area contributed by atoms with Crippen molar-refractivity contribution in [2.75, 3.05) is 27.4 Å². The van der Waals surface area contributed by atoms with Crippen molar-refractivity contribution in [3.05, 3.63) is 29.8 Å². The van der Waals surface area contributed by atoms with Crippen LogP contribution in [0.5, 0.6) is 5.75 Å². The summed E-state index contributed by atoms with van der Waals surface area (Å²) >= 11 is 0. The van der Waals surface area contributed by atoms with Crippen LogP contribution in [0.1, 0.15) is 12.5 Å². The van der Waals surface area contributed by atoms with Gasteiger partial charge < -0.3 is 20.5 Å². The van der Waals surface area contributed by atoms with E-state index in [1.165, 1.54) is 0 Å². The predicted molar refractivity (Wildman–Crippen MR) is 93.1 cm³/mol. The van der Waals surface area contributed by atoms with Gasteiger partial charge in [-0.1, -0.05) is 18.2 Å². The molecule has 0 radical (unpaired) electrons. The second kappa shape index (κ2) is 10.7. The number of hydrogen-bond acceptors (Lipinski definition) is 3. The van der Waals surface area contributed by atoms with E-state index in [4.69, 9.17) is 15.2 Å². The zero-order valence-corrected chi connectivity index (χ0v) is 14.6. The number of halogens is 1. The number of methoxy groups -OCH3 is 2. The molecule has 0 saturated carbocycles. The van der Waals surface area contributed by atoms with Gasteiger partial charge in [-0.3, -0.25) is 4.99 Å². The number of benzene rings is 1. The Kier molecular flexibility index (Phi) is 10.2. The number of aliphatic imine (C=N–C) groups is 1. The summed E-state index contributed by atoms with van der Waals surface area (Å²) in [7, 11) is 3.33. The highest BCUT2D eigenvalue weighted by molar-refractivity contribution is 14.0. The molecule has 0 heterocycles. The van der Waals surface area contributed by atoms with Gasteiger partial charge in [0.25, 0.3) is 0 Å². The highest BCUT2D eigenvalue weighted by Crippen LogP contribution is 2.17. The van der Waals surface area contributed by atoms with E-state index in [-0.39, 0.29) is 30.0 Å². The van der Waals surface area contributed by atoms with Crippen molar-refractivity contribution in [1.29, 1.82) is 0 Å². The summed E-state index contributed by atoms with van der Waals surface area (Å²) in [6, 6.07) is 8.07. The normalized spacial score (nSPS) is 12.4. The van der Waals surface area contributed by atoms with Gasteiger partial charge in [-0.25, -0.2) is 0 Å². The molecule has 1 aromatic carbocycles. The van der Waals surface area contributed by atoms with E-state index in [0.717, 1.165) is 17.7 Å². The van der Waals surface area contributed by atoms with E-state index in [2.05, 4.69) is 10.3 Å². The highest BCUT2D eigenvalue weighted by Gasteiger charge is 2.03. The predicted octanol–water partition coefficient (Wildman–Crippen LogP) is 1.79. The summed E-state index contributed by atoms with van der Waals surface area (Å²) in [4.78, 5) is 4.29. The Hall–Kier alpha value is -1.02. The molecule has 0 aliphatic rings. The fourth-order valence-corrected chi connectivity index (χ4v) is 1.80. The fourth-order valence-electron chi connectivity index (χ4n) is 1.80. The molecule has 0 spiro atoms. The molecule has 0 saturated heterocycles. The van der Waals surface area contributed by atoms with Crippen molar-refractivity contribution < 1.29 is 9.47 Å². The maximum absolute atomic E-state index is 5.79. The highest BCUT2D eigenvalue weighted by atomic mass is 127. The van der Waals surface area contributed by atoms with Gasteiger partial charge in [0.1, 0.15) is 5.75 Å². The zero-order chi connectivity index (χ0) is 14.1. The Labute approximate surface area is 138 Å². The standard InChI is InChI=1S/C14H23N3O2.HI/c1-11(10-18-2)17-14(15)16-9-8-12-6-4-5-7-13(12)19-3;/h4-7,11H,8-10H2,1-3H3,(H3,15,16,17);1H. The molecule has 0 fully saturated rings. The smallest absolute Gasteiger partial charge is 0.188 e. The molecular formula is C14H24IN3O2. The van der Waals surface area contributed by atoms with Crippen molar-refractivity contribution in [3.8, 4) is 5.75 Å². The van der Waals surface area contributed by atoms with Crippen LogP contribution >= 0.6 is 24.0 Å². The Morgan fingerprint density at radius 1 is 1.35 bits per heavy atom. The van der Waals surface area contributed by atoms with E-state index in [0.29, 0.717) is 19.1 Å². The number of para-hydroxylation sites is 1. The molecule has 0 bridgehead atoms. The SMILES string of the molecule is COCC(C)NC(N)=NCCc1ccccc1OC.I. The molecule has 20 heavy (non-hydrogen) atoms. The van der Waals surface area contributed by atoms with Gasteiger partial charge in [0.2, 0.25) is 0 Å². The van der Waals surface area contributed by atoms with E-state index >= 15 is 0 Å². The Bertz CT molecular complexity index is 413. The van der Waals surface area contributed by atoms with Crippen LogP contribution in [0.2, 0.25) is 0 Å². The van der Waals surface area contributed by atoms with Crippen LogP contribution in [0.15, 0.2) is 29.3 Å². The lowest BCUT2D eigenvalue weighted by atomic mass is 10.1. The number of rotatable bonds is 7. The third kappa shape index (κ3) is 6.95. The first-order chi connectivity index (χ1) is 9.17. The van der Waals surface area contributed by atoms with E-state index < -0.39 is 0 Å². The largest absolute Gasteiger partial charge is 0.496 e. The van der Waals surface area contributed by atoms with Crippen molar-refractivity contribution in [3.63, 3.8) is 0 Å². The number of guanidine groups is 1. The molecule has 1 aromatic rings. The molecule has 1 atom stereocenters. The molecule has 3 N–H and O–H groups in total. The average Bonchev–Trinajstić information content (AvgIpc) is 2.39. The van der Waals surface area contributed by atoms with Gasteiger partial charge in [-0.2, -0.15) is 0 Å². The minimum absolute atomic E-state index is 0. The van der Waals surface area contributed by atoms with E-state index in [9.17, 15) is 0 Å². The number of nitrogens with one attached hydrogen (secondary N) is 1. The molecule has 0 aliphatic heterocycles. The van der Waals surface area contributed by atoms with Gasteiger partial charge in [-0.15, -0.1) is 24.0 Å². The van der Waals surface area contributed by atoms with Crippen LogP contribution in [0, 0.1) is 0 Å². The van der Waals surface area contributed by atoms with E-state index in [1.54, 1.807) is 14.2 Å². The fraction of sp³-hybridized carbons (Fsp3) is 0.500. The van der Waals surface area contributed by atoms with Crippen LogP contribution in [0.4, 0.5) is 0 Å². The molecule has 0 aliphatic carbocycles. The van der Waals surface area contributed by atoms with Crippen LogP contribution in [-0.2, 0) is 11.2 Å². The number of nitrogens with two attached hydrogens (primary N) is 1. The lowest BCUT2D eigenvalue weighted by Gasteiger charge is -2.13. The summed E-state index contributed by atoms with van der Waals surface area (Å²) in [5.74, 6) is 1.33. The Morgan fingerprint density at radius 3 is 2.70 bits per heavy atom. The number of hydrogen-bond donors (Lipinski definition) is 2. The second-order valence-electron chi connectivity index (χ2n) is 4.33. The molecule has 114 valence electrons. The monoisotopic (exact) mass is 393 g/mol. The summed E-state index contributed by atoms with van der Waals surface area (Å²) in [5, 5.41) is 3.07. The van der Waals surface area contributed by atoms with Crippen molar-refractivity contribution >= 4 is 29.9 Å². The zero-order valence-electron chi connectivity index (χ0n) is 12.3. The summed E-state index contributed by atoms with van der Waals surface area (Å²) in [6.07, 6.45) is 0.797. The van der Waals surface area contributed by atoms with Crippen LogP contribution < -0.4 is 15.8 Å². The number of nitrogens with zero attached hydrogens (tertiary/aromatic N) is 1. The molecule has 1 rings (SSSR count). The minimum Gasteiger partial charge on any atom is -0.496 e. The topological polar surface area (TPSA) is 68.9 Å². The number of ether oxygens (including phenoxy) is 2. The second-order valence-corrected chi connectivity index (χ2v) is 4.33. The van der Waals surface area contributed by atoms with Crippen molar-refractivity contribution in [1.82, 2.24) is 5.32 Å². The molecule has 1 unspecified atom stereocenters. The minimum atomic E-state index is 0. The summed E-state index contributed by atoms with van der Waals surface area (Å²) in [6.45, 7) is 3.22. The van der Waals surface area contributed by atoms with Crippen LogP contribution in [0.3, 0.4) is 0 Å². The maximum atomic E-state index is 5.79. The first-order valence-corrected chi connectivity index (χ1v) is 6.34. The third-order valence-electron chi connectivity index (χ3n) is 2.67. The van der Waals surface area contributed by atoms with E-state index in [1.807, 2.05) is 31.2 Å². The van der Waals surface area contributed by atoms with Crippen molar-refractivity contribution in [2.24, 2.45) is 10.7 Å². The average molecular weight is 393 g/mol. The van der Waals surface area contributed by atoms with Gasteiger partial charge in [0, 0.05) is 19.7 Å². The molecule has 0 aromatic heterocycles. The van der Waals surface area contributed by atoms with Gasteiger partial charge >= 0.3 is 0 Å². The molecule has 5 nitrogen and oxygen atoms in total. The molecular weight excluding hydrogens is 369 g/mol. The van der Waals surface area contributed by atoms with Gasteiger partial charge in [-0.05, 0) is 25.0 Å². The first-order valence-electron chi connectivity index (χ1n) is 6.34. The van der Waals surface area contributed by atoms with Gasteiger partial charge in [0.15, 0.2) is 5.96 Å².